The quantitative estimate of drug-likeness (QED) is 0.609. The van der Waals surface area contributed by atoms with E-state index in [2.05, 4.69) is 6.92 Å². The zero-order valence-electron chi connectivity index (χ0n) is 13.8. The normalized spacial score (nSPS) is 16.3. The van der Waals surface area contributed by atoms with Crippen molar-refractivity contribution in [1.82, 2.24) is 0 Å². The third-order valence-corrected chi connectivity index (χ3v) is 5.49. The first-order valence-corrected chi connectivity index (χ1v) is 8.84. The van der Waals surface area contributed by atoms with Gasteiger partial charge in [-0.25, -0.2) is 4.79 Å². The molecule has 1 atom stereocenters. The Morgan fingerprint density at radius 2 is 2.00 bits per heavy atom. The number of hydrogen-bond acceptors (Lipinski definition) is 5. The molecule has 1 heterocycles. The molecule has 126 valence electrons. The first kappa shape index (κ1) is 16.7. The van der Waals surface area contributed by atoms with E-state index in [0.29, 0.717) is 22.1 Å². The second kappa shape index (κ2) is 7.18. The third-order valence-electron chi connectivity index (χ3n) is 4.28. The average Bonchev–Trinajstić information content (AvgIpc) is 3.02. The monoisotopic (exact) mass is 344 g/mol. The molecular formula is C19H20O4S. The maximum Gasteiger partial charge on any atom is 0.348 e. The number of carbonyl (C=O) groups is 2. The molecule has 1 aliphatic rings. The molecule has 4 nitrogen and oxygen atoms in total. The van der Waals surface area contributed by atoms with Gasteiger partial charge in [0.1, 0.15) is 10.6 Å². The third kappa shape index (κ3) is 3.67. The molecule has 5 heteroatoms. The number of ketones is 1. The molecule has 0 unspecified atom stereocenters. The van der Waals surface area contributed by atoms with Gasteiger partial charge in [0.2, 0.25) is 0 Å². The van der Waals surface area contributed by atoms with E-state index in [1.807, 2.05) is 6.07 Å². The molecule has 0 fully saturated rings. The molecule has 0 saturated carbocycles. The Labute approximate surface area is 145 Å². The van der Waals surface area contributed by atoms with Crippen LogP contribution in [0.2, 0.25) is 0 Å². The smallest absolute Gasteiger partial charge is 0.348 e. The summed E-state index contributed by atoms with van der Waals surface area (Å²) in [5.74, 6) is 0.708. The van der Waals surface area contributed by atoms with Crippen molar-refractivity contribution in [3.8, 4) is 5.75 Å². The molecule has 1 aromatic carbocycles. The van der Waals surface area contributed by atoms with E-state index in [0.717, 1.165) is 19.3 Å². The summed E-state index contributed by atoms with van der Waals surface area (Å²) in [6.07, 6.45) is 3.21. The summed E-state index contributed by atoms with van der Waals surface area (Å²) in [4.78, 5) is 26.2. The van der Waals surface area contributed by atoms with Crippen LogP contribution < -0.4 is 4.74 Å². The number of benzene rings is 1. The van der Waals surface area contributed by atoms with E-state index < -0.39 is 5.97 Å². The minimum absolute atomic E-state index is 0.221. The van der Waals surface area contributed by atoms with Crippen molar-refractivity contribution in [3.63, 3.8) is 0 Å². The Bertz CT molecular complexity index is 745. The van der Waals surface area contributed by atoms with Crippen molar-refractivity contribution in [2.75, 3.05) is 13.7 Å². The predicted molar refractivity (Wildman–Crippen MR) is 93.1 cm³/mol. The number of aryl methyl sites for hydroxylation is 1. The van der Waals surface area contributed by atoms with Gasteiger partial charge >= 0.3 is 5.97 Å². The highest BCUT2D eigenvalue weighted by Gasteiger charge is 2.21. The Balaban J connectivity index is 1.60. The molecule has 0 N–H and O–H groups in total. The lowest BCUT2D eigenvalue weighted by Gasteiger charge is -2.16. The summed E-state index contributed by atoms with van der Waals surface area (Å²) in [5, 5.41) is 0. The first-order valence-electron chi connectivity index (χ1n) is 8.02. The van der Waals surface area contributed by atoms with Crippen LogP contribution in [0.25, 0.3) is 0 Å². The largest absolute Gasteiger partial charge is 0.497 e. The lowest BCUT2D eigenvalue weighted by molar-refractivity contribution is 0.0479. The van der Waals surface area contributed by atoms with Crippen LogP contribution in [0, 0.1) is 5.92 Å². The lowest BCUT2D eigenvalue weighted by atomic mass is 9.90. The van der Waals surface area contributed by atoms with Crippen molar-refractivity contribution < 1.29 is 19.1 Å². The van der Waals surface area contributed by atoms with Crippen LogP contribution in [0.15, 0.2) is 30.3 Å². The van der Waals surface area contributed by atoms with Crippen LogP contribution in [0.3, 0.4) is 0 Å². The molecule has 3 rings (SSSR count). The maximum absolute atomic E-state index is 12.2. The van der Waals surface area contributed by atoms with Gasteiger partial charge in [0.15, 0.2) is 12.4 Å². The van der Waals surface area contributed by atoms with E-state index in [4.69, 9.17) is 9.47 Å². The number of Topliss-reactive ketones (excluding diaryl/α,β-unsaturated/α-hetero) is 1. The van der Waals surface area contributed by atoms with Gasteiger partial charge in [-0.05, 0) is 61.1 Å². The molecule has 0 saturated heterocycles. The lowest BCUT2D eigenvalue weighted by Crippen LogP contribution is -2.13. The summed E-state index contributed by atoms with van der Waals surface area (Å²) < 4.78 is 10.3. The van der Waals surface area contributed by atoms with Gasteiger partial charge in [-0.2, -0.15) is 0 Å². The molecule has 0 aliphatic heterocycles. The van der Waals surface area contributed by atoms with Crippen molar-refractivity contribution in [1.29, 1.82) is 0 Å². The zero-order chi connectivity index (χ0) is 17.1. The molecular weight excluding hydrogens is 324 g/mol. The van der Waals surface area contributed by atoms with Gasteiger partial charge in [0.05, 0.1) is 7.11 Å². The van der Waals surface area contributed by atoms with Crippen LogP contribution in [0.4, 0.5) is 0 Å². The minimum Gasteiger partial charge on any atom is -0.497 e. The zero-order valence-corrected chi connectivity index (χ0v) is 14.7. The Hall–Kier alpha value is -2.14. The molecule has 2 aromatic rings. The summed E-state index contributed by atoms with van der Waals surface area (Å²) in [7, 11) is 1.57. The van der Waals surface area contributed by atoms with Gasteiger partial charge in [-0.3, -0.25) is 4.79 Å². The van der Waals surface area contributed by atoms with Crippen LogP contribution in [0.1, 0.15) is 43.8 Å². The molecule has 1 aliphatic carbocycles. The molecule has 0 amide bonds. The Morgan fingerprint density at radius 1 is 1.25 bits per heavy atom. The van der Waals surface area contributed by atoms with Gasteiger partial charge in [-0.15, -0.1) is 11.3 Å². The fraction of sp³-hybridized carbons (Fsp3) is 0.368. The number of rotatable bonds is 5. The number of hydrogen-bond donors (Lipinski definition) is 0. The maximum atomic E-state index is 12.2. The Kier molecular flexibility index (Phi) is 5.00. The highest BCUT2D eigenvalue weighted by Crippen LogP contribution is 2.32. The van der Waals surface area contributed by atoms with E-state index in [9.17, 15) is 9.59 Å². The van der Waals surface area contributed by atoms with Gasteiger partial charge in [-0.1, -0.05) is 6.92 Å². The summed E-state index contributed by atoms with van der Waals surface area (Å²) in [6.45, 7) is 1.98. The highest BCUT2D eigenvalue weighted by molar-refractivity contribution is 7.14. The SMILES string of the molecule is COc1ccc(C(=O)COC(=O)c2cc3c(s2)CC[C@H](C)C3)cc1. The summed E-state index contributed by atoms with van der Waals surface area (Å²) in [5.41, 5.74) is 1.76. The van der Waals surface area contributed by atoms with Gasteiger partial charge in [0.25, 0.3) is 0 Å². The number of ether oxygens (including phenoxy) is 2. The van der Waals surface area contributed by atoms with E-state index in [1.165, 1.54) is 21.8 Å². The molecule has 24 heavy (non-hydrogen) atoms. The van der Waals surface area contributed by atoms with Crippen LogP contribution in [-0.4, -0.2) is 25.5 Å². The Morgan fingerprint density at radius 3 is 2.71 bits per heavy atom. The number of carbonyl (C=O) groups excluding carboxylic acids is 2. The fourth-order valence-corrected chi connectivity index (χ4v) is 3.97. The van der Waals surface area contributed by atoms with Gasteiger partial charge in [0, 0.05) is 10.4 Å². The van der Waals surface area contributed by atoms with Crippen LogP contribution in [0.5, 0.6) is 5.75 Å². The fourth-order valence-electron chi connectivity index (χ4n) is 2.87. The number of esters is 1. The number of fused-ring (bicyclic) bond motifs is 1. The van der Waals surface area contributed by atoms with Crippen LogP contribution in [-0.2, 0) is 17.6 Å². The second-order valence-corrected chi connectivity index (χ2v) is 7.27. The predicted octanol–water partition coefficient (Wildman–Crippen LogP) is 3.92. The minimum atomic E-state index is -0.413. The number of methoxy groups -OCH3 is 1. The molecule has 0 bridgehead atoms. The molecule has 0 spiro atoms. The molecule has 1 aromatic heterocycles. The van der Waals surface area contributed by atoms with E-state index in [1.54, 1.807) is 31.4 Å². The second-order valence-electron chi connectivity index (χ2n) is 6.13. The number of thiophene rings is 1. The van der Waals surface area contributed by atoms with E-state index >= 15 is 0 Å². The molecule has 0 radical (unpaired) electrons. The average molecular weight is 344 g/mol. The summed E-state index contributed by atoms with van der Waals surface area (Å²) >= 11 is 1.50. The highest BCUT2D eigenvalue weighted by atomic mass is 32.1. The van der Waals surface area contributed by atoms with Crippen molar-refractivity contribution in [3.05, 3.63) is 51.2 Å². The topological polar surface area (TPSA) is 52.6 Å². The van der Waals surface area contributed by atoms with Crippen LogP contribution >= 0.6 is 11.3 Å². The van der Waals surface area contributed by atoms with Gasteiger partial charge < -0.3 is 9.47 Å². The van der Waals surface area contributed by atoms with Crippen molar-refractivity contribution in [2.45, 2.75) is 26.2 Å². The first-order chi connectivity index (χ1) is 11.6. The standard InChI is InChI=1S/C19H20O4S/c1-12-3-8-17-14(9-12)10-18(24-17)19(21)23-11-16(20)13-4-6-15(22-2)7-5-13/h4-7,10,12H,3,8-9,11H2,1-2H3/t12-/m0/s1. The van der Waals surface area contributed by atoms with E-state index in [-0.39, 0.29) is 12.4 Å². The van der Waals surface area contributed by atoms with Crippen molar-refractivity contribution >= 4 is 23.1 Å². The van der Waals surface area contributed by atoms with Crippen molar-refractivity contribution in [2.24, 2.45) is 5.92 Å². The summed E-state index contributed by atoms with van der Waals surface area (Å²) in [6, 6.07) is 8.68.